The molecule has 3 aromatic rings. The Morgan fingerprint density at radius 2 is 1.84 bits per heavy atom. The molecular formula is C26H25F2N7O2. The minimum atomic E-state index is -0.580. The first-order valence-corrected chi connectivity index (χ1v) is 12.3. The second-order valence-corrected chi connectivity index (χ2v) is 9.97. The number of halogens is 2. The van der Waals surface area contributed by atoms with E-state index in [4.69, 9.17) is 14.7 Å². The van der Waals surface area contributed by atoms with Gasteiger partial charge in [0.2, 0.25) is 11.8 Å². The molecule has 0 amide bonds. The van der Waals surface area contributed by atoms with E-state index in [0.29, 0.717) is 43.9 Å². The zero-order valence-corrected chi connectivity index (χ0v) is 20.2. The number of hydrogen-bond donors (Lipinski definition) is 1. The summed E-state index contributed by atoms with van der Waals surface area (Å²) in [4.78, 5) is 19.3. The van der Waals surface area contributed by atoms with Crippen molar-refractivity contribution in [3.05, 3.63) is 59.7 Å². The van der Waals surface area contributed by atoms with E-state index in [1.165, 1.54) is 30.9 Å². The minimum Gasteiger partial charge on any atom is -0.470 e. The second-order valence-electron chi connectivity index (χ2n) is 9.97. The molecule has 3 fully saturated rings. The summed E-state index contributed by atoms with van der Waals surface area (Å²) in [7, 11) is 0. The van der Waals surface area contributed by atoms with Gasteiger partial charge in [0, 0.05) is 24.9 Å². The number of benzene rings is 1. The standard InChI is InChI=1S/C26H25F2N7O2/c1-26(17-10-35(11-18(26)13-36-12-17)25-30-8-19(27)9-31-25)37-24-22(16-3-4-16)23(32-14-33-24)34-21-5-2-15(7-29)6-20(21)28/h2,5-6,8-9,14,16-18H,3-4,10-13H2,1H3,(H,32,33,34). The lowest BCUT2D eigenvalue weighted by Crippen LogP contribution is -2.65. The number of anilines is 3. The fourth-order valence-electron chi connectivity index (χ4n) is 5.21. The monoisotopic (exact) mass is 505 g/mol. The smallest absolute Gasteiger partial charge is 0.225 e. The summed E-state index contributed by atoms with van der Waals surface area (Å²) in [5, 5.41) is 12.1. The van der Waals surface area contributed by atoms with Crippen LogP contribution in [0.2, 0.25) is 0 Å². The normalized spacial score (nSPS) is 24.9. The predicted octanol–water partition coefficient (Wildman–Crippen LogP) is 3.96. The highest BCUT2D eigenvalue weighted by Gasteiger charge is 2.52. The van der Waals surface area contributed by atoms with Crippen molar-refractivity contribution in [2.75, 3.05) is 36.5 Å². The molecule has 190 valence electrons. The van der Waals surface area contributed by atoms with E-state index in [9.17, 15) is 8.78 Å². The number of rotatable bonds is 6. The van der Waals surface area contributed by atoms with Gasteiger partial charge < -0.3 is 19.7 Å². The molecule has 0 spiro atoms. The Labute approximate surface area is 212 Å². The van der Waals surface area contributed by atoms with Crippen LogP contribution in [0.3, 0.4) is 0 Å². The molecule has 11 heteroatoms. The van der Waals surface area contributed by atoms with Crippen molar-refractivity contribution in [3.8, 4) is 11.9 Å². The molecule has 0 radical (unpaired) electrons. The van der Waals surface area contributed by atoms with Crippen molar-refractivity contribution >= 4 is 17.5 Å². The number of hydrogen-bond acceptors (Lipinski definition) is 9. The van der Waals surface area contributed by atoms with Gasteiger partial charge >= 0.3 is 0 Å². The highest BCUT2D eigenvalue weighted by Crippen LogP contribution is 2.49. The highest BCUT2D eigenvalue weighted by molar-refractivity contribution is 5.64. The summed E-state index contributed by atoms with van der Waals surface area (Å²) >= 11 is 0. The number of nitriles is 1. The van der Waals surface area contributed by atoms with Gasteiger partial charge in [0.25, 0.3) is 0 Å². The van der Waals surface area contributed by atoms with Crippen LogP contribution in [0.15, 0.2) is 36.9 Å². The van der Waals surface area contributed by atoms with Crippen LogP contribution in [0.25, 0.3) is 0 Å². The van der Waals surface area contributed by atoms with Crippen LogP contribution in [0.1, 0.15) is 36.8 Å². The van der Waals surface area contributed by atoms with Crippen LogP contribution in [0, 0.1) is 34.8 Å². The summed E-state index contributed by atoms with van der Waals surface area (Å²) in [5.74, 6) is 0.656. The lowest BCUT2D eigenvalue weighted by atomic mass is 9.73. The van der Waals surface area contributed by atoms with E-state index in [2.05, 4.69) is 32.2 Å². The zero-order valence-electron chi connectivity index (χ0n) is 20.2. The van der Waals surface area contributed by atoms with Gasteiger partial charge in [0.15, 0.2) is 5.82 Å². The number of aromatic nitrogens is 4. The lowest BCUT2D eigenvalue weighted by molar-refractivity contribution is -0.138. The summed E-state index contributed by atoms with van der Waals surface area (Å²) in [6.07, 6.45) is 5.70. The van der Waals surface area contributed by atoms with Crippen LogP contribution >= 0.6 is 0 Å². The molecule has 1 aliphatic carbocycles. The van der Waals surface area contributed by atoms with E-state index >= 15 is 0 Å². The first-order valence-electron chi connectivity index (χ1n) is 12.3. The number of nitrogens with zero attached hydrogens (tertiary/aromatic N) is 6. The third kappa shape index (κ3) is 4.42. The van der Waals surface area contributed by atoms with Gasteiger partial charge in [0.05, 0.1) is 48.5 Å². The number of nitrogens with one attached hydrogen (secondary N) is 1. The SMILES string of the molecule is CC1(Oc2ncnc(Nc3ccc(C#N)cc3F)c2C2CC2)C2COCC1CN(c1ncc(F)cn1)C2. The zero-order chi connectivity index (χ0) is 25.6. The molecule has 6 rings (SSSR count). The Morgan fingerprint density at radius 3 is 2.49 bits per heavy atom. The molecule has 9 nitrogen and oxygen atoms in total. The van der Waals surface area contributed by atoms with E-state index in [1.807, 2.05) is 11.0 Å². The minimum absolute atomic E-state index is 0.0111. The Hall–Kier alpha value is -3.91. The van der Waals surface area contributed by atoms with E-state index in [0.717, 1.165) is 18.4 Å². The molecule has 2 saturated heterocycles. The van der Waals surface area contributed by atoms with E-state index in [1.54, 1.807) is 6.07 Å². The molecule has 2 aliphatic heterocycles. The van der Waals surface area contributed by atoms with Gasteiger partial charge in [-0.25, -0.2) is 28.7 Å². The summed E-state index contributed by atoms with van der Waals surface area (Å²) < 4.78 is 40.6. The van der Waals surface area contributed by atoms with Gasteiger partial charge in [-0.3, -0.25) is 0 Å². The Morgan fingerprint density at radius 1 is 1.11 bits per heavy atom. The molecule has 2 atom stereocenters. The number of piperidine rings is 1. The van der Waals surface area contributed by atoms with E-state index in [-0.39, 0.29) is 29.0 Å². The van der Waals surface area contributed by atoms with Crippen LogP contribution in [0.4, 0.5) is 26.2 Å². The first kappa shape index (κ1) is 23.5. The fourth-order valence-corrected chi connectivity index (χ4v) is 5.21. The Balaban J connectivity index is 1.29. The average molecular weight is 506 g/mol. The topological polar surface area (TPSA) is 109 Å². The first-order chi connectivity index (χ1) is 17.9. The van der Waals surface area contributed by atoms with Crippen molar-refractivity contribution in [2.45, 2.75) is 31.3 Å². The predicted molar refractivity (Wildman–Crippen MR) is 129 cm³/mol. The van der Waals surface area contributed by atoms with Crippen molar-refractivity contribution in [2.24, 2.45) is 11.8 Å². The molecule has 4 heterocycles. The molecule has 1 N–H and O–H groups in total. The number of ether oxygens (including phenoxy) is 2. The van der Waals surface area contributed by atoms with Gasteiger partial charge in [-0.1, -0.05) is 0 Å². The molecule has 3 aliphatic rings. The van der Waals surface area contributed by atoms with Crippen LogP contribution < -0.4 is 15.0 Å². The van der Waals surface area contributed by atoms with Crippen molar-refractivity contribution in [1.82, 2.24) is 19.9 Å². The molecule has 2 unspecified atom stereocenters. The Kier molecular flexibility index (Phi) is 5.83. The second kappa shape index (κ2) is 9.19. The third-order valence-electron chi connectivity index (χ3n) is 7.53. The average Bonchev–Trinajstić information content (AvgIpc) is 3.71. The highest BCUT2D eigenvalue weighted by atomic mass is 19.1. The molecule has 1 saturated carbocycles. The number of fused-ring (bicyclic) bond motifs is 2. The molecule has 2 bridgehead atoms. The largest absolute Gasteiger partial charge is 0.470 e. The van der Waals surface area contributed by atoms with Crippen LogP contribution in [-0.2, 0) is 4.74 Å². The van der Waals surface area contributed by atoms with Crippen molar-refractivity contribution < 1.29 is 18.3 Å². The molecule has 1 aromatic carbocycles. The van der Waals surface area contributed by atoms with Gasteiger partial charge in [0.1, 0.15) is 23.6 Å². The fraction of sp³-hybridized carbons (Fsp3) is 0.423. The Bertz CT molecular complexity index is 1350. The van der Waals surface area contributed by atoms with Gasteiger partial charge in [-0.15, -0.1) is 0 Å². The summed E-state index contributed by atoms with van der Waals surface area (Å²) in [6, 6.07) is 6.22. The van der Waals surface area contributed by atoms with Gasteiger partial charge in [-0.05, 0) is 43.9 Å². The maximum atomic E-state index is 14.6. The lowest BCUT2D eigenvalue weighted by Gasteiger charge is -2.53. The van der Waals surface area contributed by atoms with Gasteiger partial charge in [-0.2, -0.15) is 5.26 Å². The quantitative estimate of drug-likeness (QED) is 0.532. The molecule has 2 aromatic heterocycles. The summed E-state index contributed by atoms with van der Waals surface area (Å²) in [6.45, 7) is 4.25. The van der Waals surface area contributed by atoms with E-state index < -0.39 is 17.2 Å². The maximum absolute atomic E-state index is 14.6. The molecular weight excluding hydrogens is 480 g/mol. The maximum Gasteiger partial charge on any atom is 0.225 e. The van der Waals surface area contributed by atoms with Crippen LogP contribution in [0.5, 0.6) is 5.88 Å². The molecule has 37 heavy (non-hydrogen) atoms. The van der Waals surface area contributed by atoms with Crippen molar-refractivity contribution in [1.29, 1.82) is 5.26 Å². The summed E-state index contributed by atoms with van der Waals surface area (Å²) in [5.41, 5.74) is 0.727. The third-order valence-corrected chi connectivity index (χ3v) is 7.53. The van der Waals surface area contributed by atoms with Crippen LogP contribution in [-0.4, -0.2) is 51.8 Å². The van der Waals surface area contributed by atoms with Crippen molar-refractivity contribution in [3.63, 3.8) is 0 Å².